The molecular weight excluding hydrogens is 455 g/mol. The average Bonchev–Trinajstić information content (AvgIpc) is 2.83. The van der Waals surface area contributed by atoms with Crippen molar-refractivity contribution in [2.75, 3.05) is 37.3 Å². The van der Waals surface area contributed by atoms with Gasteiger partial charge in [0.05, 0.1) is 10.6 Å². The van der Waals surface area contributed by atoms with Gasteiger partial charge in [-0.05, 0) is 74.1 Å². The van der Waals surface area contributed by atoms with E-state index >= 15 is 0 Å². The number of halogens is 1. The Morgan fingerprint density at radius 2 is 1.71 bits per heavy atom. The highest BCUT2D eigenvalue weighted by molar-refractivity contribution is 7.90. The lowest BCUT2D eigenvalue weighted by Crippen LogP contribution is -2.49. The molecule has 2 aromatic carbocycles. The number of hydrogen-bond donors (Lipinski definition) is 0. The summed E-state index contributed by atoms with van der Waals surface area (Å²) in [5.41, 5.74) is 3.02. The minimum Gasteiger partial charge on any atom is -0.366 e. The summed E-state index contributed by atoms with van der Waals surface area (Å²) in [6, 6.07) is 9.28. The van der Waals surface area contributed by atoms with E-state index in [1.54, 1.807) is 29.2 Å². The van der Waals surface area contributed by atoms with Crippen molar-refractivity contribution < 1.29 is 22.4 Å². The van der Waals surface area contributed by atoms with Gasteiger partial charge >= 0.3 is 0 Å². The van der Waals surface area contributed by atoms with Gasteiger partial charge in [-0.2, -0.15) is 0 Å². The third-order valence-corrected chi connectivity index (χ3v) is 7.66. The van der Waals surface area contributed by atoms with E-state index in [0.717, 1.165) is 43.1 Å². The molecule has 0 aromatic heterocycles. The zero-order valence-corrected chi connectivity index (χ0v) is 20.3. The summed E-state index contributed by atoms with van der Waals surface area (Å²) in [5.74, 6) is -0.861. The lowest BCUT2D eigenvalue weighted by atomic mass is 9.90. The fourth-order valence-electron chi connectivity index (χ4n) is 4.60. The molecule has 0 N–H and O–H groups in total. The van der Waals surface area contributed by atoms with Gasteiger partial charge in [0.25, 0.3) is 5.91 Å². The molecule has 2 aliphatic rings. The van der Waals surface area contributed by atoms with Gasteiger partial charge in [0.2, 0.25) is 0 Å². The summed E-state index contributed by atoms with van der Waals surface area (Å²) < 4.78 is 38.9. The van der Waals surface area contributed by atoms with Gasteiger partial charge in [0, 0.05) is 43.6 Å². The Balaban J connectivity index is 1.57. The van der Waals surface area contributed by atoms with Crippen LogP contribution in [0.5, 0.6) is 0 Å². The monoisotopic (exact) mass is 484 g/mol. The fraction of sp³-hybridized carbons (Fsp3) is 0.385. The molecule has 1 saturated heterocycles. The standard InChI is InChI=1S/C26H29FN2O4S/c1-18(30)20-8-11-25(24(27)16-20)28-12-14-29(15-13-28)26(31)23-17-21(34(2,32)33)9-10-22(23)19-6-4-3-5-7-19/h6,8-11,16-17H,3-5,7,12-15H2,1-2H3. The number of rotatable bonds is 5. The highest BCUT2D eigenvalue weighted by Gasteiger charge is 2.27. The van der Waals surface area contributed by atoms with E-state index in [1.807, 2.05) is 4.90 Å². The van der Waals surface area contributed by atoms with Crippen molar-refractivity contribution in [3.8, 4) is 0 Å². The predicted octanol–water partition coefficient (Wildman–Crippen LogP) is 4.35. The molecule has 6 nitrogen and oxygen atoms in total. The van der Waals surface area contributed by atoms with Gasteiger partial charge in [-0.3, -0.25) is 9.59 Å². The van der Waals surface area contributed by atoms with Crippen LogP contribution in [0.15, 0.2) is 47.4 Å². The summed E-state index contributed by atoms with van der Waals surface area (Å²) >= 11 is 0. The number of Topliss-reactive ketones (excluding diaryl/α,β-unsaturated/α-hetero) is 1. The second-order valence-corrected chi connectivity index (χ2v) is 11.0. The van der Waals surface area contributed by atoms with Gasteiger partial charge < -0.3 is 9.80 Å². The van der Waals surface area contributed by atoms with E-state index in [4.69, 9.17) is 0 Å². The van der Waals surface area contributed by atoms with Gasteiger partial charge in [-0.15, -0.1) is 0 Å². The van der Waals surface area contributed by atoms with Crippen LogP contribution in [0.25, 0.3) is 5.57 Å². The molecule has 180 valence electrons. The van der Waals surface area contributed by atoms with Crippen LogP contribution in [0.3, 0.4) is 0 Å². The van der Waals surface area contributed by atoms with Crippen LogP contribution >= 0.6 is 0 Å². The molecule has 34 heavy (non-hydrogen) atoms. The molecule has 0 unspecified atom stereocenters. The molecule has 0 saturated carbocycles. The maximum Gasteiger partial charge on any atom is 0.254 e. The van der Waals surface area contributed by atoms with Gasteiger partial charge in [-0.25, -0.2) is 12.8 Å². The van der Waals surface area contributed by atoms with Crippen molar-refractivity contribution >= 4 is 32.8 Å². The Kier molecular flexibility index (Phi) is 6.89. The number of amides is 1. The van der Waals surface area contributed by atoms with Crippen LogP contribution in [-0.2, 0) is 9.84 Å². The van der Waals surface area contributed by atoms with E-state index in [1.165, 1.54) is 19.1 Å². The Hall–Kier alpha value is -3.00. The van der Waals surface area contributed by atoms with Crippen LogP contribution in [0.4, 0.5) is 10.1 Å². The van der Waals surface area contributed by atoms with Crippen LogP contribution in [0.1, 0.15) is 58.9 Å². The number of sulfone groups is 1. The minimum absolute atomic E-state index is 0.127. The van der Waals surface area contributed by atoms with E-state index in [0.29, 0.717) is 43.0 Å². The van der Waals surface area contributed by atoms with E-state index in [2.05, 4.69) is 6.08 Å². The summed E-state index contributed by atoms with van der Waals surface area (Å²) in [7, 11) is -3.46. The number of piperazine rings is 1. The maximum absolute atomic E-state index is 14.6. The zero-order chi connectivity index (χ0) is 24.5. The Labute approximate surface area is 200 Å². The second kappa shape index (κ2) is 9.70. The van der Waals surface area contributed by atoms with Crippen LogP contribution in [-0.4, -0.2) is 57.4 Å². The fourth-order valence-corrected chi connectivity index (χ4v) is 5.24. The normalized spacial score (nSPS) is 16.9. The molecule has 1 heterocycles. The quantitative estimate of drug-likeness (QED) is 0.590. The van der Waals surface area contributed by atoms with Crippen molar-refractivity contribution in [1.82, 2.24) is 4.90 Å². The molecule has 0 spiro atoms. The summed E-state index contributed by atoms with van der Waals surface area (Å²) in [4.78, 5) is 28.7. The van der Waals surface area contributed by atoms with Crippen molar-refractivity contribution in [2.45, 2.75) is 37.5 Å². The van der Waals surface area contributed by atoms with Crippen LogP contribution < -0.4 is 4.90 Å². The molecular formula is C26H29FN2O4S. The number of nitrogens with zero attached hydrogens (tertiary/aromatic N) is 2. The summed E-state index contributed by atoms with van der Waals surface area (Å²) in [6.07, 6.45) is 7.24. The van der Waals surface area contributed by atoms with Gasteiger partial charge in [-0.1, -0.05) is 12.1 Å². The molecule has 4 rings (SSSR count). The number of benzene rings is 2. The Bertz CT molecular complexity index is 1260. The molecule has 0 bridgehead atoms. The smallest absolute Gasteiger partial charge is 0.254 e. The number of carbonyl (C=O) groups excluding carboxylic acids is 2. The highest BCUT2D eigenvalue weighted by atomic mass is 32.2. The lowest BCUT2D eigenvalue weighted by molar-refractivity contribution is 0.0745. The van der Waals surface area contributed by atoms with Crippen LogP contribution in [0.2, 0.25) is 0 Å². The van der Waals surface area contributed by atoms with Crippen molar-refractivity contribution in [3.63, 3.8) is 0 Å². The summed E-state index contributed by atoms with van der Waals surface area (Å²) in [5, 5.41) is 0. The molecule has 1 aliphatic heterocycles. The molecule has 8 heteroatoms. The van der Waals surface area contributed by atoms with Crippen LogP contribution in [0, 0.1) is 5.82 Å². The van der Waals surface area contributed by atoms with Crippen molar-refractivity contribution in [2.24, 2.45) is 0 Å². The highest BCUT2D eigenvalue weighted by Crippen LogP contribution is 2.31. The first-order valence-electron chi connectivity index (χ1n) is 11.5. The number of hydrogen-bond acceptors (Lipinski definition) is 5. The van der Waals surface area contributed by atoms with Crippen molar-refractivity contribution in [1.29, 1.82) is 0 Å². The Morgan fingerprint density at radius 3 is 2.29 bits per heavy atom. The SMILES string of the molecule is CC(=O)c1ccc(N2CCN(C(=O)c3cc(S(C)(=O)=O)ccc3C3=CCCCC3)CC2)c(F)c1. The molecule has 1 fully saturated rings. The topological polar surface area (TPSA) is 74.8 Å². The van der Waals surface area contributed by atoms with E-state index in [-0.39, 0.29) is 16.6 Å². The number of ketones is 1. The first-order chi connectivity index (χ1) is 16.1. The third kappa shape index (κ3) is 5.06. The number of anilines is 1. The number of carbonyl (C=O) groups is 2. The molecule has 1 aliphatic carbocycles. The molecule has 0 atom stereocenters. The molecule has 1 amide bonds. The predicted molar refractivity (Wildman–Crippen MR) is 131 cm³/mol. The van der Waals surface area contributed by atoms with E-state index in [9.17, 15) is 22.4 Å². The minimum atomic E-state index is -3.46. The zero-order valence-electron chi connectivity index (χ0n) is 19.5. The third-order valence-electron chi connectivity index (χ3n) is 6.55. The Morgan fingerprint density at radius 1 is 0.971 bits per heavy atom. The van der Waals surface area contributed by atoms with Gasteiger partial charge in [0.15, 0.2) is 15.6 Å². The first kappa shape index (κ1) is 24.1. The largest absolute Gasteiger partial charge is 0.366 e. The van der Waals surface area contributed by atoms with Gasteiger partial charge in [0.1, 0.15) is 5.82 Å². The average molecular weight is 485 g/mol. The maximum atomic E-state index is 14.6. The lowest BCUT2D eigenvalue weighted by Gasteiger charge is -2.36. The van der Waals surface area contributed by atoms with Crippen molar-refractivity contribution in [3.05, 3.63) is 65.0 Å². The summed E-state index contributed by atoms with van der Waals surface area (Å²) in [6.45, 7) is 3.04. The molecule has 0 radical (unpaired) electrons. The van der Waals surface area contributed by atoms with E-state index < -0.39 is 15.7 Å². The molecule has 2 aromatic rings. The first-order valence-corrected chi connectivity index (χ1v) is 13.4. The second-order valence-electron chi connectivity index (χ2n) is 8.96. The number of allylic oxidation sites excluding steroid dienone is 2.